The topological polar surface area (TPSA) is 35.2 Å². The van der Waals surface area contributed by atoms with Gasteiger partial charge < -0.3 is 10.5 Å². The minimum absolute atomic E-state index is 0.169. The average Bonchev–Trinajstić information content (AvgIpc) is 2.07. The van der Waals surface area contributed by atoms with Crippen LogP contribution in [-0.4, -0.2) is 6.61 Å². The molecule has 4 heteroatoms. The van der Waals surface area contributed by atoms with Crippen molar-refractivity contribution in [3.8, 4) is 5.75 Å². The Morgan fingerprint density at radius 1 is 1.54 bits per heavy atom. The third-order valence-corrected chi connectivity index (χ3v) is 2.39. The van der Waals surface area contributed by atoms with Crippen LogP contribution in [0.3, 0.4) is 0 Å². The first kappa shape index (κ1) is 8.78. The quantitative estimate of drug-likeness (QED) is 0.699. The maximum atomic E-state index is 12.9. The SMILES string of the molecule is N[C@H]1CCOc2c(Cl)cc(F)cc21. The summed E-state index contributed by atoms with van der Waals surface area (Å²) in [6.07, 6.45) is 0.701. The van der Waals surface area contributed by atoms with Gasteiger partial charge in [-0.05, 0) is 12.1 Å². The second-order valence-corrected chi connectivity index (χ2v) is 3.46. The first-order valence-electron chi connectivity index (χ1n) is 4.06. The molecule has 0 saturated carbocycles. The number of benzene rings is 1. The van der Waals surface area contributed by atoms with Crippen LogP contribution in [0.25, 0.3) is 0 Å². The van der Waals surface area contributed by atoms with Gasteiger partial charge in [-0.25, -0.2) is 4.39 Å². The Morgan fingerprint density at radius 2 is 2.31 bits per heavy atom. The summed E-state index contributed by atoms with van der Waals surface area (Å²) in [5, 5.41) is 0.296. The van der Waals surface area contributed by atoms with Crippen molar-refractivity contribution in [2.24, 2.45) is 5.73 Å². The minimum atomic E-state index is -0.371. The predicted octanol–water partition coefficient (Wildman–Crippen LogP) is 2.26. The zero-order chi connectivity index (χ0) is 9.42. The number of hydrogen-bond donors (Lipinski definition) is 1. The summed E-state index contributed by atoms with van der Waals surface area (Å²) in [5.41, 5.74) is 6.44. The highest BCUT2D eigenvalue weighted by Gasteiger charge is 2.21. The van der Waals surface area contributed by atoms with Crippen LogP contribution in [0.15, 0.2) is 12.1 Å². The van der Waals surface area contributed by atoms with Crippen LogP contribution in [0.1, 0.15) is 18.0 Å². The fourth-order valence-corrected chi connectivity index (χ4v) is 1.72. The van der Waals surface area contributed by atoms with E-state index in [1.807, 2.05) is 0 Å². The van der Waals surface area contributed by atoms with Gasteiger partial charge in [-0.2, -0.15) is 0 Å². The van der Waals surface area contributed by atoms with Crippen LogP contribution in [0.5, 0.6) is 5.75 Å². The van der Waals surface area contributed by atoms with E-state index in [0.717, 1.165) is 0 Å². The lowest BCUT2D eigenvalue weighted by Crippen LogP contribution is -2.20. The van der Waals surface area contributed by atoms with Crippen LogP contribution in [-0.2, 0) is 0 Å². The molecule has 70 valence electrons. The fraction of sp³-hybridized carbons (Fsp3) is 0.333. The van der Waals surface area contributed by atoms with E-state index in [2.05, 4.69) is 0 Å². The van der Waals surface area contributed by atoms with Crippen molar-refractivity contribution in [2.45, 2.75) is 12.5 Å². The molecule has 0 radical (unpaired) electrons. The molecule has 0 aliphatic carbocycles. The summed E-state index contributed by atoms with van der Waals surface area (Å²) < 4.78 is 18.2. The van der Waals surface area contributed by atoms with E-state index in [4.69, 9.17) is 22.1 Å². The van der Waals surface area contributed by atoms with Crippen LogP contribution in [0, 0.1) is 5.82 Å². The normalized spacial score (nSPS) is 20.7. The molecule has 13 heavy (non-hydrogen) atoms. The monoisotopic (exact) mass is 201 g/mol. The Balaban J connectivity index is 2.56. The standard InChI is InChI=1S/C9H9ClFNO/c10-7-4-5(11)3-6-8(12)1-2-13-9(6)7/h3-4,8H,1-2,12H2/t8-/m0/s1. The largest absolute Gasteiger partial charge is 0.492 e. The summed E-state index contributed by atoms with van der Waals surface area (Å²) >= 11 is 5.79. The van der Waals surface area contributed by atoms with Gasteiger partial charge in [0.25, 0.3) is 0 Å². The molecule has 2 nitrogen and oxygen atoms in total. The number of ether oxygens (including phenoxy) is 1. The smallest absolute Gasteiger partial charge is 0.142 e. The van der Waals surface area contributed by atoms with Gasteiger partial charge in [0.1, 0.15) is 11.6 Å². The average molecular weight is 202 g/mol. The minimum Gasteiger partial charge on any atom is -0.492 e. The van der Waals surface area contributed by atoms with Crippen LogP contribution in [0.4, 0.5) is 4.39 Å². The molecule has 0 spiro atoms. The molecule has 1 aliphatic rings. The van der Waals surface area contributed by atoms with Crippen molar-refractivity contribution in [3.05, 3.63) is 28.5 Å². The highest BCUT2D eigenvalue weighted by Crippen LogP contribution is 2.37. The van der Waals surface area contributed by atoms with Crippen LogP contribution >= 0.6 is 11.6 Å². The Bertz CT molecular complexity index is 343. The lowest BCUT2D eigenvalue weighted by molar-refractivity contribution is 0.268. The Morgan fingerprint density at radius 3 is 3.08 bits per heavy atom. The maximum Gasteiger partial charge on any atom is 0.142 e. The molecule has 0 amide bonds. The van der Waals surface area contributed by atoms with E-state index in [0.29, 0.717) is 29.4 Å². The lowest BCUT2D eigenvalue weighted by Gasteiger charge is -2.23. The van der Waals surface area contributed by atoms with Crippen molar-refractivity contribution in [1.82, 2.24) is 0 Å². The zero-order valence-corrected chi connectivity index (χ0v) is 7.64. The number of halogens is 2. The molecule has 1 aliphatic heterocycles. The first-order valence-corrected chi connectivity index (χ1v) is 4.43. The van der Waals surface area contributed by atoms with Gasteiger partial charge in [0.2, 0.25) is 0 Å². The molecule has 0 saturated heterocycles. The third kappa shape index (κ3) is 1.49. The summed E-state index contributed by atoms with van der Waals surface area (Å²) in [7, 11) is 0. The molecule has 1 aromatic carbocycles. The van der Waals surface area contributed by atoms with Gasteiger partial charge in [0.05, 0.1) is 11.6 Å². The molecule has 1 heterocycles. The summed E-state index contributed by atoms with van der Waals surface area (Å²) in [4.78, 5) is 0. The van der Waals surface area contributed by atoms with Gasteiger partial charge in [-0.3, -0.25) is 0 Å². The zero-order valence-electron chi connectivity index (χ0n) is 6.89. The number of rotatable bonds is 0. The van der Waals surface area contributed by atoms with Gasteiger partial charge in [0.15, 0.2) is 0 Å². The summed E-state index contributed by atoms with van der Waals surface area (Å²) in [5.74, 6) is 0.159. The van der Waals surface area contributed by atoms with E-state index >= 15 is 0 Å². The number of fused-ring (bicyclic) bond motifs is 1. The Labute approximate surface area is 80.4 Å². The molecule has 1 atom stereocenters. The molecule has 0 aromatic heterocycles. The Hall–Kier alpha value is -0.800. The van der Waals surface area contributed by atoms with Crippen molar-refractivity contribution in [1.29, 1.82) is 0 Å². The maximum absolute atomic E-state index is 12.9. The molecular formula is C9H9ClFNO. The molecule has 0 unspecified atom stereocenters. The van der Waals surface area contributed by atoms with E-state index < -0.39 is 0 Å². The lowest BCUT2D eigenvalue weighted by atomic mass is 10.0. The van der Waals surface area contributed by atoms with E-state index in [1.54, 1.807) is 0 Å². The molecule has 0 fully saturated rings. The van der Waals surface area contributed by atoms with E-state index in [9.17, 15) is 4.39 Å². The molecule has 1 aromatic rings. The number of hydrogen-bond acceptors (Lipinski definition) is 2. The van der Waals surface area contributed by atoms with Crippen molar-refractivity contribution in [2.75, 3.05) is 6.61 Å². The van der Waals surface area contributed by atoms with Crippen molar-refractivity contribution in [3.63, 3.8) is 0 Å². The Kier molecular flexibility index (Phi) is 2.14. The third-order valence-electron chi connectivity index (χ3n) is 2.11. The van der Waals surface area contributed by atoms with Crippen LogP contribution < -0.4 is 10.5 Å². The summed E-state index contributed by atoms with van der Waals surface area (Å²) in [6, 6.07) is 2.45. The highest BCUT2D eigenvalue weighted by molar-refractivity contribution is 6.32. The molecule has 0 bridgehead atoms. The van der Waals surface area contributed by atoms with Gasteiger partial charge >= 0.3 is 0 Å². The second-order valence-electron chi connectivity index (χ2n) is 3.05. The predicted molar refractivity (Wildman–Crippen MR) is 48.5 cm³/mol. The van der Waals surface area contributed by atoms with Gasteiger partial charge in [-0.15, -0.1) is 0 Å². The van der Waals surface area contributed by atoms with E-state index in [-0.39, 0.29) is 11.9 Å². The van der Waals surface area contributed by atoms with Crippen molar-refractivity contribution < 1.29 is 9.13 Å². The molecule has 2 N–H and O–H groups in total. The van der Waals surface area contributed by atoms with Gasteiger partial charge in [0, 0.05) is 18.0 Å². The van der Waals surface area contributed by atoms with E-state index in [1.165, 1.54) is 12.1 Å². The van der Waals surface area contributed by atoms with Gasteiger partial charge in [-0.1, -0.05) is 11.6 Å². The molecular weight excluding hydrogens is 193 g/mol. The van der Waals surface area contributed by atoms with Crippen LogP contribution in [0.2, 0.25) is 5.02 Å². The summed E-state index contributed by atoms with van der Waals surface area (Å²) in [6.45, 7) is 0.541. The second kappa shape index (κ2) is 3.16. The highest BCUT2D eigenvalue weighted by atomic mass is 35.5. The van der Waals surface area contributed by atoms with Crippen molar-refractivity contribution >= 4 is 11.6 Å². The molecule has 2 rings (SSSR count). The fourth-order valence-electron chi connectivity index (χ4n) is 1.45. The first-order chi connectivity index (χ1) is 6.18. The number of nitrogens with two attached hydrogens (primary N) is 1.